The number of nitrogens with zero attached hydrogens (tertiary/aromatic N) is 1. The Balaban J connectivity index is 2.12. The lowest BCUT2D eigenvalue weighted by Gasteiger charge is -2.18. The summed E-state index contributed by atoms with van der Waals surface area (Å²) in [7, 11) is 1.62. The Morgan fingerprint density at radius 3 is 2.68 bits per heavy atom. The van der Waals surface area contributed by atoms with Crippen LogP contribution in [0.1, 0.15) is 24.2 Å². The van der Waals surface area contributed by atoms with E-state index in [9.17, 15) is 4.79 Å². The molecule has 2 aromatic rings. The van der Waals surface area contributed by atoms with Gasteiger partial charge in [-0.25, -0.2) is 0 Å². The van der Waals surface area contributed by atoms with Crippen molar-refractivity contribution >= 4 is 32.8 Å². The maximum atomic E-state index is 12.5. The predicted octanol–water partition coefficient (Wildman–Crippen LogP) is 3.29. The summed E-state index contributed by atoms with van der Waals surface area (Å²) in [6.45, 7) is 8.45. The number of ether oxygens (including phenoxy) is 2. The summed E-state index contributed by atoms with van der Waals surface area (Å²) in [5, 5.41) is 3.77. The van der Waals surface area contributed by atoms with Gasteiger partial charge in [0.05, 0.1) is 12.0 Å². The van der Waals surface area contributed by atoms with Gasteiger partial charge < -0.3 is 24.1 Å². The minimum Gasteiger partial charge on any atom is -0.490 e. The van der Waals surface area contributed by atoms with Crippen molar-refractivity contribution in [3.8, 4) is 5.75 Å². The van der Waals surface area contributed by atoms with Crippen molar-refractivity contribution in [1.29, 1.82) is 0 Å². The zero-order valence-electron chi connectivity index (χ0n) is 14.9. The van der Waals surface area contributed by atoms with Crippen LogP contribution in [-0.4, -0.2) is 57.3 Å². The van der Waals surface area contributed by atoms with E-state index in [0.717, 1.165) is 25.0 Å². The number of fused-ring (bicyclic) bond motifs is 1. The highest BCUT2D eigenvalue weighted by atomic mass is 79.9. The number of benzene rings is 1. The topological polar surface area (TPSA) is 63.9 Å². The fraction of sp³-hybridized carbons (Fsp3) is 0.500. The number of amides is 1. The number of hydrogen-bond acceptors (Lipinski definition) is 5. The van der Waals surface area contributed by atoms with Crippen LogP contribution in [0.25, 0.3) is 11.0 Å². The van der Waals surface area contributed by atoms with Crippen molar-refractivity contribution in [3.63, 3.8) is 0 Å². The molecule has 6 nitrogen and oxygen atoms in total. The van der Waals surface area contributed by atoms with Gasteiger partial charge in [-0.3, -0.25) is 4.79 Å². The third-order valence-electron chi connectivity index (χ3n) is 3.98. The molecular formula is C18H25BrN2O4. The first-order chi connectivity index (χ1) is 12.1. The van der Waals surface area contributed by atoms with Crippen LogP contribution in [0, 0.1) is 0 Å². The normalized spacial score (nSPS) is 11.2. The van der Waals surface area contributed by atoms with E-state index in [1.54, 1.807) is 19.2 Å². The second kappa shape index (κ2) is 9.79. The molecule has 0 saturated heterocycles. The minimum absolute atomic E-state index is 0.141. The Labute approximate surface area is 156 Å². The molecule has 1 aromatic carbocycles. The molecule has 0 spiro atoms. The number of nitrogens with one attached hydrogen (secondary N) is 1. The van der Waals surface area contributed by atoms with Gasteiger partial charge in [-0.15, -0.1) is 0 Å². The van der Waals surface area contributed by atoms with Gasteiger partial charge in [-0.2, -0.15) is 0 Å². The van der Waals surface area contributed by atoms with E-state index < -0.39 is 0 Å². The standard InChI is InChI=1S/C18H25BrN2O4/c1-4-21(5-2)7-6-20-18(22)13-10-15(24-9-8-23-3)14-12-17(19)25-16(14)11-13/h10-12H,4-9H2,1-3H3,(H,20,22). The van der Waals surface area contributed by atoms with Crippen LogP contribution in [0.4, 0.5) is 0 Å². The SMILES string of the molecule is CCN(CC)CCNC(=O)c1cc(OCCOC)c2cc(Br)oc2c1. The van der Waals surface area contributed by atoms with E-state index in [0.29, 0.717) is 41.3 Å². The Morgan fingerprint density at radius 1 is 1.24 bits per heavy atom. The fourth-order valence-electron chi connectivity index (χ4n) is 2.53. The van der Waals surface area contributed by atoms with Gasteiger partial charge in [0.2, 0.25) is 0 Å². The molecule has 138 valence electrons. The molecule has 0 bridgehead atoms. The number of likely N-dealkylation sites (N-methyl/N-ethyl adjacent to an activating group) is 1. The zero-order valence-corrected chi connectivity index (χ0v) is 16.5. The van der Waals surface area contributed by atoms with Gasteiger partial charge in [0.15, 0.2) is 4.67 Å². The number of methoxy groups -OCH3 is 1. The molecule has 1 N–H and O–H groups in total. The third kappa shape index (κ3) is 5.45. The van der Waals surface area contributed by atoms with Gasteiger partial charge >= 0.3 is 0 Å². The smallest absolute Gasteiger partial charge is 0.251 e. The number of rotatable bonds is 10. The molecule has 1 heterocycles. The first-order valence-electron chi connectivity index (χ1n) is 8.44. The van der Waals surface area contributed by atoms with Crippen molar-refractivity contribution in [3.05, 3.63) is 28.4 Å². The number of carbonyl (C=O) groups excluding carboxylic acids is 1. The van der Waals surface area contributed by atoms with Gasteiger partial charge in [0, 0.05) is 31.8 Å². The second-order valence-corrected chi connectivity index (χ2v) is 6.34. The van der Waals surface area contributed by atoms with Gasteiger partial charge in [-0.1, -0.05) is 13.8 Å². The molecular weight excluding hydrogens is 388 g/mol. The number of furan rings is 1. The fourth-order valence-corrected chi connectivity index (χ4v) is 2.93. The van der Waals surface area contributed by atoms with Crippen LogP contribution in [0.5, 0.6) is 5.75 Å². The molecule has 1 amide bonds. The van der Waals surface area contributed by atoms with Crippen LogP contribution in [-0.2, 0) is 4.74 Å². The molecule has 0 atom stereocenters. The monoisotopic (exact) mass is 412 g/mol. The predicted molar refractivity (Wildman–Crippen MR) is 101 cm³/mol. The number of hydrogen-bond donors (Lipinski definition) is 1. The summed E-state index contributed by atoms with van der Waals surface area (Å²) in [4.78, 5) is 14.7. The average Bonchev–Trinajstić information content (AvgIpc) is 2.99. The Morgan fingerprint density at radius 2 is 2.00 bits per heavy atom. The largest absolute Gasteiger partial charge is 0.490 e. The maximum absolute atomic E-state index is 12.5. The quantitative estimate of drug-likeness (QED) is 0.606. The average molecular weight is 413 g/mol. The van der Waals surface area contributed by atoms with E-state index in [1.165, 1.54) is 0 Å². The van der Waals surface area contributed by atoms with Crippen molar-refractivity contribution in [2.45, 2.75) is 13.8 Å². The molecule has 7 heteroatoms. The molecule has 0 aliphatic carbocycles. The lowest BCUT2D eigenvalue weighted by molar-refractivity contribution is 0.0948. The summed E-state index contributed by atoms with van der Waals surface area (Å²) < 4.78 is 17.0. The molecule has 0 radical (unpaired) electrons. The van der Waals surface area contributed by atoms with Crippen LogP contribution in [0.3, 0.4) is 0 Å². The van der Waals surface area contributed by atoms with Gasteiger partial charge in [0.1, 0.15) is 17.9 Å². The van der Waals surface area contributed by atoms with Crippen molar-refractivity contribution < 1.29 is 18.7 Å². The zero-order chi connectivity index (χ0) is 18.2. The van der Waals surface area contributed by atoms with E-state index in [-0.39, 0.29) is 5.91 Å². The minimum atomic E-state index is -0.141. The third-order valence-corrected chi connectivity index (χ3v) is 4.38. The maximum Gasteiger partial charge on any atom is 0.251 e. The molecule has 0 saturated carbocycles. The van der Waals surface area contributed by atoms with Crippen LogP contribution in [0.15, 0.2) is 27.3 Å². The molecule has 25 heavy (non-hydrogen) atoms. The Bertz CT molecular complexity index is 698. The van der Waals surface area contributed by atoms with Crippen molar-refractivity contribution in [2.75, 3.05) is 46.5 Å². The molecule has 0 fully saturated rings. The first kappa shape index (κ1) is 19.8. The summed E-state index contributed by atoms with van der Waals surface area (Å²) in [6.07, 6.45) is 0. The van der Waals surface area contributed by atoms with Crippen LogP contribution < -0.4 is 10.1 Å². The van der Waals surface area contributed by atoms with Crippen LogP contribution >= 0.6 is 15.9 Å². The van der Waals surface area contributed by atoms with Gasteiger partial charge in [0.25, 0.3) is 5.91 Å². The van der Waals surface area contributed by atoms with E-state index in [2.05, 4.69) is 40.0 Å². The summed E-state index contributed by atoms with van der Waals surface area (Å²) in [5.74, 6) is 0.469. The van der Waals surface area contributed by atoms with Crippen LogP contribution in [0.2, 0.25) is 0 Å². The second-order valence-electron chi connectivity index (χ2n) is 5.56. The van der Waals surface area contributed by atoms with Gasteiger partial charge in [-0.05, 0) is 41.2 Å². The molecule has 1 aromatic heterocycles. The molecule has 0 unspecified atom stereocenters. The van der Waals surface area contributed by atoms with E-state index >= 15 is 0 Å². The Hall–Kier alpha value is -1.57. The Kier molecular flexibility index (Phi) is 7.74. The molecule has 2 rings (SSSR count). The number of carbonyl (C=O) groups is 1. The highest BCUT2D eigenvalue weighted by molar-refractivity contribution is 9.10. The lowest BCUT2D eigenvalue weighted by atomic mass is 10.1. The van der Waals surface area contributed by atoms with Crippen molar-refractivity contribution in [1.82, 2.24) is 10.2 Å². The summed E-state index contributed by atoms with van der Waals surface area (Å²) >= 11 is 3.32. The first-order valence-corrected chi connectivity index (χ1v) is 9.23. The lowest BCUT2D eigenvalue weighted by Crippen LogP contribution is -2.34. The van der Waals surface area contributed by atoms with Crippen molar-refractivity contribution in [2.24, 2.45) is 0 Å². The molecule has 0 aliphatic heterocycles. The van der Waals surface area contributed by atoms with E-state index in [1.807, 2.05) is 6.07 Å². The summed E-state index contributed by atoms with van der Waals surface area (Å²) in [5.41, 5.74) is 1.12. The highest BCUT2D eigenvalue weighted by Crippen LogP contribution is 2.32. The summed E-state index contributed by atoms with van der Waals surface area (Å²) in [6, 6.07) is 5.31. The van der Waals surface area contributed by atoms with E-state index in [4.69, 9.17) is 13.9 Å². The highest BCUT2D eigenvalue weighted by Gasteiger charge is 2.15. The molecule has 0 aliphatic rings. The number of halogens is 1.